The molecular weight excluding hydrogens is 677 g/mol. The molecule has 11 rings (SSSR count). The van der Waals surface area contributed by atoms with Gasteiger partial charge in [0, 0.05) is 20.2 Å². The summed E-state index contributed by atoms with van der Waals surface area (Å²) in [5, 5.41) is 17.6. The highest BCUT2D eigenvalue weighted by molar-refractivity contribution is 7.26. The summed E-state index contributed by atoms with van der Waals surface area (Å²) < 4.78 is 2.62. The summed E-state index contributed by atoms with van der Waals surface area (Å²) in [6.07, 6.45) is 0. The van der Waals surface area contributed by atoms with E-state index in [1.54, 1.807) is 11.3 Å². The molecule has 0 nitrogen and oxygen atoms in total. The minimum Gasteiger partial charge on any atom is -0.151 e. The van der Waals surface area contributed by atoms with Gasteiger partial charge in [0.05, 0.1) is 0 Å². The maximum Gasteiger partial charge on any atom is 0.0361 e. The standard InChI is InChI=1S/C51H32S2/c1-31-29-52-30-44(31)50-40-22-11-9-20-38(40)49(39-21-10-12-23-41(39)50)43-24-13-25-45-51(43)42-27-26-33(28-46(42)53-45)48-36-18-7-5-16-34(36)47(32-14-3-2-4-15-32)35-17-6-8-19-37(35)48/h2-30H,1H3. The van der Waals surface area contributed by atoms with Crippen LogP contribution in [0.25, 0.3) is 108 Å². The molecule has 0 amide bonds. The predicted molar refractivity (Wildman–Crippen MR) is 234 cm³/mol. The zero-order chi connectivity index (χ0) is 35.0. The van der Waals surface area contributed by atoms with Gasteiger partial charge in [-0.05, 0) is 123 Å². The predicted octanol–water partition coefficient (Wildman–Crippen LogP) is 15.7. The van der Waals surface area contributed by atoms with Crippen molar-refractivity contribution in [3.05, 3.63) is 180 Å². The van der Waals surface area contributed by atoms with E-state index in [0.29, 0.717) is 0 Å². The quantitative estimate of drug-likeness (QED) is 0.160. The first-order valence-electron chi connectivity index (χ1n) is 18.2. The highest BCUT2D eigenvalue weighted by atomic mass is 32.1. The minimum atomic E-state index is 1.25. The van der Waals surface area contributed by atoms with Crippen molar-refractivity contribution in [1.82, 2.24) is 0 Å². The lowest BCUT2D eigenvalue weighted by atomic mass is 9.84. The van der Waals surface area contributed by atoms with Gasteiger partial charge in [0.1, 0.15) is 0 Å². The fraction of sp³-hybridized carbons (Fsp3) is 0.0196. The van der Waals surface area contributed by atoms with Crippen molar-refractivity contribution in [2.75, 3.05) is 0 Å². The van der Waals surface area contributed by atoms with Crippen molar-refractivity contribution < 1.29 is 0 Å². The molecule has 0 saturated heterocycles. The van der Waals surface area contributed by atoms with E-state index >= 15 is 0 Å². The van der Waals surface area contributed by atoms with E-state index in [1.165, 1.54) is 113 Å². The van der Waals surface area contributed by atoms with E-state index in [1.807, 2.05) is 11.3 Å². The molecule has 0 fully saturated rings. The summed E-state index contributed by atoms with van der Waals surface area (Å²) in [5.74, 6) is 0. The Balaban J connectivity index is 1.18. The maximum absolute atomic E-state index is 2.44. The van der Waals surface area contributed by atoms with Crippen molar-refractivity contribution in [3.63, 3.8) is 0 Å². The van der Waals surface area contributed by atoms with Crippen molar-refractivity contribution in [2.24, 2.45) is 0 Å². The van der Waals surface area contributed by atoms with Crippen LogP contribution in [0.4, 0.5) is 0 Å². The third-order valence-corrected chi connectivity index (χ3v) is 13.1. The van der Waals surface area contributed by atoms with E-state index in [-0.39, 0.29) is 0 Å². The van der Waals surface area contributed by atoms with Gasteiger partial charge in [-0.25, -0.2) is 0 Å². The molecule has 0 aliphatic carbocycles. The average molecular weight is 709 g/mol. The van der Waals surface area contributed by atoms with E-state index in [0.717, 1.165) is 0 Å². The van der Waals surface area contributed by atoms with Crippen LogP contribution in [0, 0.1) is 6.92 Å². The highest BCUT2D eigenvalue weighted by Crippen LogP contribution is 2.50. The molecule has 11 aromatic rings. The second-order valence-corrected chi connectivity index (χ2v) is 15.8. The van der Waals surface area contributed by atoms with Crippen LogP contribution in [-0.2, 0) is 0 Å². The van der Waals surface area contributed by atoms with Crippen LogP contribution in [0.2, 0.25) is 0 Å². The average Bonchev–Trinajstić information content (AvgIpc) is 3.81. The Morgan fingerprint density at radius 3 is 1.36 bits per heavy atom. The zero-order valence-corrected chi connectivity index (χ0v) is 30.7. The Bertz CT molecular complexity index is 3120. The molecule has 0 N–H and O–H groups in total. The van der Waals surface area contributed by atoms with E-state index in [9.17, 15) is 0 Å². The van der Waals surface area contributed by atoms with Crippen LogP contribution in [-0.4, -0.2) is 0 Å². The van der Waals surface area contributed by atoms with Gasteiger partial charge >= 0.3 is 0 Å². The number of hydrogen-bond donors (Lipinski definition) is 0. The van der Waals surface area contributed by atoms with Crippen LogP contribution in [0.1, 0.15) is 5.56 Å². The van der Waals surface area contributed by atoms with Crippen LogP contribution in [0.5, 0.6) is 0 Å². The lowest BCUT2D eigenvalue weighted by Crippen LogP contribution is -1.91. The number of fused-ring (bicyclic) bond motifs is 7. The Labute approximate surface area is 315 Å². The first-order chi connectivity index (χ1) is 26.2. The summed E-state index contributed by atoms with van der Waals surface area (Å²) in [4.78, 5) is 0. The minimum absolute atomic E-state index is 1.25. The fourth-order valence-corrected chi connectivity index (χ4v) is 10.9. The molecule has 0 spiro atoms. The van der Waals surface area contributed by atoms with E-state index in [2.05, 4.69) is 181 Å². The third-order valence-electron chi connectivity index (χ3n) is 11.1. The second kappa shape index (κ2) is 12.0. The number of rotatable bonds is 4. The van der Waals surface area contributed by atoms with Gasteiger partial charge in [-0.3, -0.25) is 0 Å². The fourth-order valence-electron chi connectivity index (χ4n) is 8.87. The molecule has 0 radical (unpaired) electrons. The number of thiophene rings is 2. The van der Waals surface area contributed by atoms with Gasteiger partial charge in [-0.2, -0.15) is 11.3 Å². The molecule has 2 heteroatoms. The first-order valence-corrected chi connectivity index (χ1v) is 19.9. The van der Waals surface area contributed by atoms with Gasteiger partial charge in [0.15, 0.2) is 0 Å². The molecule has 248 valence electrons. The Morgan fingerprint density at radius 1 is 0.340 bits per heavy atom. The molecule has 9 aromatic carbocycles. The molecule has 0 unspecified atom stereocenters. The van der Waals surface area contributed by atoms with Crippen molar-refractivity contribution in [2.45, 2.75) is 6.92 Å². The largest absolute Gasteiger partial charge is 0.151 e. The first kappa shape index (κ1) is 30.6. The highest BCUT2D eigenvalue weighted by Gasteiger charge is 2.22. The molecule has 0 aliphatic rings. The lowest BCUT2D eigenvalue weighted by molar-refractivity contribution is 1.55. The normalized spacial score (nSPS) is 11.9. The van der Waals surface area contributed by atoms with Crippen LogP contribution < -0.4 is 0 Å². The summed E-state index contributed by atoms with van der Waals surface area (Å²) in [7, 11) is 0. The Kier molecular flexibility index (Phi) is 6.92. The Morgan fingerprint density at radius 2 is 0.830 bits per heavy atom. The second-order valence-electron chi connectivity index (χ2n) is 14.0. The molecular formula is C51H32S2. The maximum atomic E-state index is 2.44. The van der Waals surface area contributed by atoms with Crippen LogP contribution in [0.3, 0.4) is 0 Å². The van der Waals surface area contributed by atoms with Crippen LogP contribution >= 0.6 is 22.7 Å². The van der Waals surface area contributed by atoms with Gasteiger partial charge in [-0.15, -0.1) is 11.3 Å². The van der Waals surface area contributed by atoms with Crippen molar-refractivity contribution in [3.8, 4) is 44.5 Å². The summed E-state index contributed by atoms with van der Waals surface area (Å²) in [6, 6.07) is 60.8. The SMILES string of the molecule is Cc1cscc1-c1c2ccccc2c(-c2cccc3sc4cc(-c5c6ccccc6c(-c6ccccc6)c6ccccc56)ccc4c23)c2ccccc12. The summed E-state index contributed by atoms with van der Waals surface area (Å²) in [6.45, 7) is 2.24. The van der Waals surface area contributed by atoms with Gasteiger partial charge in [0.25, 0.3) is 0 Å². The van der Waals surface area contributed by atoms with Crippen LogP contribution in [0.15, 0.2) is 175 Å². The number of hydrogen-bond acceptors (Lipinski definition) is 2. The lowest BCUT2D eigenvalue weighted by Gasteiger charge is -2.18. The zero-order valence-electron chi connectivity index (χ0n) is 29.1. The monoisotopic (exact) mass is 708 g/mol. The number of aryl methyl sites for hydroxylation is 1. The van der Waals surface area contributed by atoms with Gasteiger partial charge in [0.2, 0.25) is 0 Å². The smallest absolute Gasteiger partial charge is 0.0361 e. The molecule has 53 heavy (non-hydrogen) atoms. The Hall–Kier alpha value is -6.06. The van der Waals surface area contributed by atoms with Gasteiger partial charge in [-0.1, -0.05) is 152 Å². The molecule has 2 heterocycles. The molecule has 0 atom stereocenters. The molecule has 0 bridgehead atoms. The van der Waals surface area contributed by atoms with E-state index in [4.69, 9.17) is 0 Å². The summed E-state index contributed by atoms with van der Waals surface area (Å²) >= 11 is 3.69. The molecule has 2 aromatic heterocycles. The van der Waals surface area contributed by atoms with Crippen molar-refractivity contribution >= 4 is 85.9 Å². The van der Waals surface area contributed by atoms with Gasteiger partial charge < -0.3 is 0 Å². The summed E-state index contributed by atoms with van der Waals surface area (Å²) in [5.41, 5.74) is 11.7. The van der Waals surface area contributed by atoms with Crippen molar-refractivity contribution in [1.29, 1.82) is 0 Å². The van der Waals surface area contributed by atoms with E-state index < -0.39 is 0 Å². The molecule has 0 aliphatic heterocycles. The molecule has 0 saturated carbocycles. The third kappa shape index (κ3) is 4.59. The number of benzene rings is 9. The topological polar surface area (TPSA) is 0 Å².